The number of phenolic OH excluding ortho intramolecular Hbond substituents is 1. The molecule has 5 aliphatic rings. The Morgan fingerprint density at radius 2 is 1.97 bits per heavy atom. The van der Waals surface area contributed by atoms with E-state index in [4.69, 9.17) is 9.47 Å². The molecule has 37 heavy (non-hydrogen) atoms. The number of benzene rings is 1. The van der Waals surface area contributed by atoms with Crippen molar-refractivity contribution in [3.05, 3.63) is 34.4 Å². The summed E-state index contributed by atoms with van der Waals surface area (Å²) in [6, 6.07) is 3.21. The van der Waals surface area contributed by atoms with Gasteiger partial charge in [0.15, 0.2) is 17.2 Å². The molecule has 7 heteroatoms. The summed E-state index contributed by atoms with van der Waals surface area (Å²) in [5.74, 6) is -0.763. The van der Waals surface area contributed by atoms with E-state index >= 15 is 0 Å². The number of phenols is 1. The van der Waals surface area contributed by atoms with Gasteiger partial charge >= 0.3 is 0 Å². The highest BCUT2D eigenvalue weighted by Gasteiger charge is 2.83. The smallest absolute Gasteiger partial charge is 0.224 e. The Morgan fingerprint density at radius 1 is 1.19 bits per heavy atom. The number of nitrogens with one attached hydrogen (secondary N) is 1. The van der Waals surface area contributed by atoms with Gasteiger partial charge in [0.2, 0.25) is 5.91 Å². The highest BCUT2D eigenvalue weighted by Crippen LogP contribution is 2.74. The van der Waals surface area contributed by atoms with Crippen LogP contribution in [-0.2, 0) is 24.7 Å². The van der Waals surface area contributed by atoms with Gasteiger partial charge in [-0.05, 0) is 56.7 Å². The number of hydrogen-bond donors (Lipinski definition) is 2. The largest absolute Gasteiger partial charge is 0.507 e. The summed E-state index contributed by atoms with van der Waals surface area (Å²) in [4.78, 5) is 42.6. The van der Waals surface area contributed by atoms with Crippen molar-refractivity contribution in [2.75, 3.05) is 7.11 Å². The molecule has 198 valence electrons. The highest BCUT2D eigenvalue weighted by molar-refractivity contribution is 6.14. The van der Waals surface area contributed by atoms with Gasteiger partial charge < -0.3 is 19.9 Å². The molecule has 7 nitrogen and oxygen atoms in total. The lowest BCUT2D eigenvalue weighted by atomic mass is 9.60. The van der Waals surface area contributed by atoms with Crippen LogP contribution >= 0.6 is 0 Å². The number of Topliss-reactive ketones (excluding diaryl/α,β-unsaturated/α-hetero) is 2. The van der Waals surface area contributed by atoms with E-state index in [-0.39, 0.29) is 29.6 Å². The molecule has 1 aromatic carbocycles. The van der Waals surface area contributed by atoms with E-state index < -0.39 is 34.5 Å². The van der Waals surface area contributed by atoms with Crippen molar-refractivity contribution in [1.82, 2.24) is 5.32 Å². The molecule has 1 aromatic rings. The topological polar surface area (TPSA) is 102 Å². The van der Waals surface area contributed by atoms with E-state index in [0.717, 1.165) is 37.7 Å². The number of carbonyl (C=O) groups excluding carboxylic acids is 3. The fourth-order valence-electron chi connectivity index (χ4n) is 8.63. The summed E-state index contributed by atoms with van der Waals surface area (Å²) in [7, 11) is 1.57. The monoisotopic (exact) mass is 507 g/mol. The summed E-state index contributed by atoms with van der Waals surface area (Å²) in [6.45, 7) is 6.10. The lowest BCUT2D eigenvalue weighted by molar-refractivity contribution is -0.159. The van der Waals surface area contributed by atoms with Gasteiger partial charge in [-0.25, -0.2) is 0 Å². The van der Waals surface area contributed by atoms with Crippen molar-refractivity contribution in [2.45, 2.75) is 95.8 Å². The summed E-state index contributed by atoms with van der Waals surface area (Å²) in [5.41, 5.74) is -0.866. The van der Waals surface area contributed by atoms with Crippen LogP contribution < -0.4 is 5.32 Å². The number of aromatic hydroxyl groups is 1. The summed E-state index contributed by atoms with van der Waals surface area (Å²) < 4.78 is 12.8. The Labute approximate surface area is 218 Å². The van der Waals surface area contributed by atoms with Gasteiger partial charge in [-0.1, -0.05) is 33.1 Å². The number of methoxy groups -OCH3 is 1. The van der Waals surface area contributed by atoms with Crippen molar-refractivity contribution in [3.8, 4) is 5.75 Å². The van der Waals surface area contributed by atoms with Crippen molar-refractivity contribution >= 4 is 23.2 Å². The SMILES string of the molecule is CCCCC[C@@H]1C(=O)N[C@@]23C[C@@]45O/C(=C(/CC)CCC[C@H](OC)C(=O)[C@@]4(C)[C@@H]12)c1c(O)ccc(c15)C3=O. The van der Waals surface area contributed by atoms with E-state index in [1.54, 1.807) is 19.2 Å². The zero-order chi connectivity index (χ0) is 26.3. The highest BCUT2D eigenvalue weighted by atomic mass is 16.5. The predicted octanol–water partition coefficient (Wildman–Crippen LogP) is 4.79. The minimum atomic E-state index is -1.21. The average Bonchev–Trinajstić information content (AvgIpc) is 3.43. The number of ether oxygens (including phenoxy) is 2. The van der Waals surface area contributed by atoms with Crippen LogP contribution in [0.3, 0.4) is 0 Å². The molecule has 3 aliphatic heterocycles. The third-order valence-electron chi connectivity index (χ3n) is 10.2. The van der Waals surface area contributed by atoms with Crippen LogP contribution in [0.15, 0.2) is 17.7 Å². The predicted molar refractivity (Wildman–Crippen MR) is 137 cm³/mol. The van der Waals surface area contributed by atoms with Crippen LogP contribution in [0.1, 0.15) is 100 Å². The molecule has 6 atom stereocenters. The number of rotatable bonds is 6. The number of amides is 1. The molecule has 3 heterocycles. The van der Waals surface area contributed by atoms with E-state index in [9.17, 15) is 19.5 Å². The van der Waals surface area contributed by atoms with Crippen LogP contribution in [0, 0.1) is 17.3 Å². The second-order valence-electron chi connectivity index (χ2n) is 11.8. The maximum Gasteiger partial charge on any atom is 0.224 e. The van der Waals surface area contributed by atoms with E-state index in [0.29, 0.717) is 41.7 Å². The van der Waals surface area contributed by atoms with Crippen LogP contribution in [0.4, 0.5) is 0 Å². The number of allylic oxidation sites excluding steroid dienone is 1. The van der Waals surface area contributed by atoms with Gasteiger partial charge in [0.05, 0.1) is 11.0 Å². The molecule has 1 saturated heterocycles. The number of fused-ring (bicyclic) bond motifs is 3. The Balaban J connectivity index is 1.68. The Bertz CT molecular complexity index is 1250. The van der Waals surface area contributed by atoms with Crippen LogP contribution in [0.5, 0.6) is 5.75 Å². The second-order valence-corrected chi connectivity index (χ2v) is 11.8. The van der Waals surface area contributed by atoms with E-state index in [1.807, 2.05) is 6.92 Å². The first-order chi connectivity index (χ1) is 17.7. The summed E-state index contributed by atoms with van der Waals surface area (Å²) in [5, 5.41) is 14.3. The molecule has 0 radical (unpaired) electrons. The zero-order valence-electron chi connectivity index (χ0n) is 22.2. The number of unbranched alkanes of at least 4 members (excludes halogenated alkanes) is 2. The molecule has 0 unspecified atom stereocenters. The second kappa shape index (κ2) is 8.16. The Morgan fingerprint density at radius 3 is 2.68 bits per heavy atom. The third kappa shape index (κ3) is 2.79. The molecule has 1 saturated carbocycles. The fourth-order valence-corrected chi connectivity index (χ4v) is 8.63. The van der Waals surface area contributed by atoms with E-state index in [2.05, 4.69) is 19.2 Å². The lowest BCUT2D eigenvalue weighted by Crippen LogP contribution is -2.54. The first kappa shape index (κ1) is 24.7. The van der Waals surface area contributed by atoms with Gasteiger partial charge in [-0.3, -0.25) is 14.4 Å². The summed E-state index contributed by atoms with van der Waals surface area (Å²) >= 11 is 0. The first-order valence-corrected chi connectivity index (χ1v) is 13.9. The van der Waals surface area contributed by atoms with Crippen molar-refractivity contribution < 1.29 is 29.0 Å². The molecular formula is C30H37NO6. The fraction of sp³-hybridized carbons (Fsp3) is 0.633. The normalized spacial score (nSPS) is 39.5. The first-order valence-electron chi connectivity index (χ1n) is 13.9. The lowest BCUT2D eigenvalue weighted by Gasteiger charge is -2.45. The summed E-state index contributed by atoms with van der Waals surface area (Å²) in [6.07, 6.45) is 5.75. The van der Waals surface area contributed by atoms with Crippen molar-refractivity contribution in [2.24, 2.45) is 17.3 Å². The van der Waals surface area contributed by atoms with Crippen LogP contribution in [-0.4, -0.2) is 41.3 Å². The molecule has 2 spiro atoms. The molecule has 3 bridgehead atoms. The molecule has 6 rings (SSSR count). The average molecular weight is 508 g/mol. The van der Waals surface area contributed by atoms with Gasteiger partial charge in [0, 0.05) is 36.5 Å². The Kier molecular flexibility index (Phi) is 5.44. The molecule has 2 fully saturated rings. The molecule has 0 aromatic heterocycles. The minimum Gasteiger partial charge on any atom is -0.507 e. The van der Waals surface area contributed by atoms with Crippen LogP contribution in [0.2, 0.25) is 0 Å². The molecule has 2 N–H and O–H groups in total. The maximum absolute atomic E-state index is 14.7. The quantitative estimate of drug-likeness (QED) is 0.537. The van der Waals surface area contributed by atoms with Gasteiger partial charge in [0.1, 0.15) is 23.2 Å². The number of hydrogen-bond acceptors (Lipinski definition) is 6. The van der Waals surface area contributed by atoms with Crippen LogP contribution in [0.25, 0.3) is 5.76 Å². The molecule has 1 amide bonds. The number of carbonyl (C=O) groups is 3. The Hall–Kier alpha value is -2.67. The van der Waals surface area contributed by atoms with Crippen molar-refractivity contribution in [3.63, 3.8) is 0 Å². The van der Waals surface area contributed by atoms with Gasteiger partial charge in [-0.2, -0.15) is 0 Å². The third-order valence-corrected chi connectivity index (χ3v) is 10.2. The standard InChI is InChI=1S/C30H37NO6/c1-5-7-8-11-18-24-28(3)26(34)20(36-4)12-9-10-16(6-2)23-21-19(32)14-13-17-22(21)30(28,37-23)15-29(24,25(17)33)31-27(18)35/h13-14,18,20,24,32H,5-12,15H2,1-4H3,(H,31,35)/b23-16-/t18-,20-,24+,28+,29-,30-/m0/s1. The molecule has 2 aliphatic carbocycles. The maximum atomic E-state index is 14.7. The zero-order valence-corrected chi connectivity index (χ0v) is 22.2. The number of ketones is 2. The minimum absolute atomic E-state index is 0.0678. The van der Waals surface area contributed by atoms with Crippen molar-refractivity contribution in [1.29, 1.82) is 0 Å². The van der Waals surface area contributed by atoms with Gasteiger partial charge in [-0.15, -0.1) is 0 Å². The molecular weight excluding hydrogens is 470 g/mol. The van der Waals surface area contributed by atoms with E-state index in [1.165, 1.54) is 0 Å². The van der Waals surface area contributed by atoms with Gasteiger partial charge in [0.25, 0.3) is 0 Å².